The van der Waals surface area contributed by atoms with Crippen molar-refractivity contribution in [3.8, 4) is 0 Å². The summed E-state index contributed by atoms with van der Waals surface area (Å²) in [6.45, 7) is 10.4. The van der Waals surface area contributed by atoms with Crippen LogP contribution in [0.4, 0.5) is 5.69 Å². The molecule has 1 rings (SSSR count). The van der Waals surface area contributed by atoms with Crippen LogP contribution in [0.15, 0.2) is 24.3 Å². The van der Waals surface area contributed by atoms with Gasteiger partial charge in [-0.3, -0.25) is 4.79 Å². The molecule has 0 aliphatic carbocycles. The lowest BCUT2D eigenvalue weighted by Gasteiger charge is -2.22. The van der Waals surface area contributed by atoms with Crippen LogP contribution in [-0.4, -0.2) is 11.3 Å². The van der Waals surface area contributed by atoms with Crippen molar-refractivity contribution < 1.29 is 4.79 Å². The molecular weight excluding hydrogens is 210 g/mol. The van der Waals surface area contributed by atoms with Gasteiger partial charge in [0.25, 0.3) is 0 Å². The van der Waals surface area contributed by atoms with E-state index in [2.05, 4.69) is 39.9 Å². The molecule has 0 unspecified atom stereocenters. The summed E-state index contributed by atoms with van der Waals surface area (Å²) in [5.74, 6) is 0.624. The molecule has 0 radical (unpaired) electrons. The molecule has 0 heterocycles. The number of hydrogen-bond donors (Lipinski definition) is 1. The van der Waals surface area contributed by atoms with Crippen molar-refractivity contribution in [2.24, 2.45) is 5.92 Å². The third-order valence-electron chi connectivity index (χ3n) is 2.30. The van der Waals surface area contributed by atoms with Crippen molar-refractivity contribution in [2.45, 2.75) is 46.6 Å². The van der Waals surface area contributed by atoms with Crippen molar-refractivity contribution >= 4 is 11.5 Å². The first-order chi connectivity index (χ1) is 7.78. The van der Waals surface area contributed by atoms with Gasteiger partial charge < -0.3 is 5.32 Å². The third-order valence-corrected chi connectivity index (χ3v) is 2.30. The van der Waals surface area contributed by atoms with Gasteiger partial charge in [0.05, 0.1) is 0 Å². The standard InChI is InChI=1S/C15H23NO/c1-11(2)9-14(17)12-7-6-8-13(10-12)16-15(3,4)5/h6-8,10-11,16H,9H2,1-5H3. The lowest BCUT2D eigenvalue weighted by Crippen LogP contribution is -2.26. The summed E-state index contributed by atoms with van der Waals surface area (Å²) in [6, 6.07) is 7.76. The monoisotopic (exact) mass is 233 g/mol. The Kier molecular flexibility index (Phi) is 4.33. The van der Waals surface area contributed by atoms with Crippen molar-refractivity contribution in [1.82, 2.24) is 0 Å². The van der Waals surface area contributed by atoms with Gasteiger partial charge in [-0.25, -0.2) is 0 Å². The Bertz CT molecular complexity index is 388. The van der Waals surface area contributed by atoms with Crippen LogP contribution < -0.4 is 5.32 Å². The van der Waals surface area contributed by atoms with Gasteiger partial charge in [-0.1, -0.05) is 26.0 Å². The second kappa shape index (κ2) is 5.35. The normalized spacial score (nSPS) is 11.6. The molecule has 2 nitrogen and oxygen atoms in total. The first kappa shape index (κ1) is 13.8. The molecule has 0 aliphatic rings. The average Bonchev–Trinajstić information content (AvgIpc) is 2.14. The first-order valence-electron chi connectivity index (χ1n) is 6.19. The average molecular weight is 233 g/mol. The van der Waals surface area contributed by atoms with Crippen LogP contribution in [0, 0.1) is 5.92 Å². The quantitative estimate of drug-likeness (QED) is 0.792. The Labute approximate surface area is 104 Å². The molecule has 0 saturated carbocycles. The van der Waals surface area contributed by atoms with Crippen molar-refractivity contribution in [2.75, 3.05) is 5.32 Å². The number of nitrogens with one attached hydrogen (secondary N) is 1. The third kappa shape index (κ3) is 5.03. The van der Waals surface area contributed by atoms with E-state index in [1.54, 1.807) is 0 Å². The molecule has 1 aromatic carbocycles. The van der Waals surface area contributed by atoms with Crippen LogP contribution in [0.2, 0.25) is 0 Å². The van der Waals surface area contributed by atoms with Gasteiger partial charge in [0.15, 0.2) is 5.78 Å². The zero-order valence-corrected chi connectivity index (χ0v) is 11.5. The molecule has 0 atom stereocenters. The van der Waals surface area contributed by atoms with Crippen molar-refractivity contribution in [1.29, 1.82) is 0 Å². The lowest BCUT2D eigenvalue weighted by molar-refractivity contribution is 0.0968. The molecule has 0 spiro atoms. The summed E-state index contributed by atoms with van der Waals surface area (Å²) in [5.41, 5.74) is 1.82. The summed E-state index contributed by atoms with van der Waals surface area (Å²) in [6.07, 6.45) is 0.610. The van der Waals surface area contributed by atoms with Crippen molar-refractivity contribution in [3.05, 3.63) is 29.8 Å². The number of hydrogen-bond acceptors (Lipinski definition) is 2. The van der Waals surface area contributed by atoms with Gasteiger partial charge in [-0.15, -0.1) is 0 Å². The SMILES string of the molecule is CC(C)CC(=O)c1cccc(NC(C)(C)C)c1. The molecule has 0 amide bonds. The van der Waals surface area contributed by atoms with Gasteiger partial charge in [0.2, 0.25) is 0 Å². The van der Waals surface area contributed by atoms with Crippen LogP contribution in [0.25, 0.3) is 0 Å². The number of benzene rings is 1. The van der Waals surface area contributed by atoms with Crippen LogP contribution in [-0.2, 0) is 0 Å². The topological polar surface area (TPSA) is 29.1 Å². The lowest BCUT2D eigenvalue weighted by atomic mass is 10.0. The van der Waals surface area contributed by atoms with Gasteiger partial charge in [0.1, 0.15) is 0 Å². The van der Waals surface area contributed by atoms with Crippen LogP contribution in [0.5, 0.6) is 0 Å². The molecule has 94 valence electrons. The number of carbonyl (C=O) groups excluding carboxylic acids is 1. The van der Waals surface area contributed by atoms with Gasteiger partial charge in [0, 0.05) is 23.2 Å². The zero-order chi connectivity index (χ0) is 13.1. The molecule has 0 bridgehead atoms. The summed E-state index contributed by atoms with van der Waals surface area (Å²) in [7, 11) is 0. The largest absolute Gasteiger partial charge is 0.380 e. The van der Waals surface area contributed by atoms with Crippen molar-refractivity contribution in [3.63, 3.8) is 0 Å². The number of Topliss-reactive ketones (excluding diaryl/α,β-unsaturated/α-hetero) is 1. The van der Waals surface area contributed by atoms with E-state index in [1.807, 2.05) is 24.3 Å². The fourth-order valence-electron chi connectivity index (χ4n) is 1.69. The number of ketones is 1. The smallest absolute Gasteiger partial charge is 0.163 e. The highest BCUT2D eigenvalue weighted by Crippen LogP contribution is 2.18. The highest BCUT2D eigenvalue weighted by atomic mass is 16.1. The Morgan fingerprint density at radius 1 is 1.29 bits per heavy atom. The van der Waals surface area contributed by atoms with E-state index in [0.717, 1.165) is 11.3 Å². The van der Waals surface area contributed by atoms with E-state index < -0.39 is 0 Å². The second-order valence-electron chi connectivity index (χ2n) is 5.98. The Morgan fingerprint density at radius 3 is 2.47 bits per heavy atom. The number of carbonyl (C=O) groups is 1. The minimum atomic E-state index is 0.0136. The second-order valence-corrected chi connectivity index (χ2v) is 5.98. The highest BCUT2D eigenvalue weighted by molar-refractivity contribution is 5.97. The fourth-order valence-corrected chi connectivity index (χ4v) is 1.69. The van der Waals surface area contributed by atoms with Gasteiger partial charge in [-0.2, -0.15) is 0 Å². The van der Waals surface area contributed by atoms with Crippen LogP contribution in [0.3, 0.4) is 0 Å². The van der Waals surface area contributed by atoms with Gasteiger partial charge >= 0.3 is 0 Å². The van der Waals surface area contributed by atoms with E-state index in [9.17, 15) is 4.79 Å². The minimum Gasteiger partial charge on any atom is -0.380 e. The maximum atomic E-state index is 11.9. The molecule has 0 aliphatic heterocycles. The summed E-state index contributed by atoms with van der Waals surface area (Å²) < 4.78 is 0. The maximum absolute atomic E-state index is 11.9. The maximum Gasteiger partial charge on any atom is 0.163 e. The highest BCUT2D eigenvalue weighted by Gasteiger charge is 2.12. The van der Waals surface area contributed by atoms with E-state index in [-0.39, 0.29) is 11.3 Å². The minimum absolute atomic E-state index is 0.0136. The van der Waals surface area contributed by atoms with E-state index in [4.69, 9.17) is 0 Å². The van der Waals surface area contributed by atoms with E-state index in [1.165, 1.54) is 0 Å². The van der Waals surface area contributed by atoms with Gasteiger partial charge in [-0.05, 0) is 38.8 Å². The molecule has 17 heavy (non-hydrogen) atoms. The summed E-state index contributed by atoms with van der Waals surface area (Å²) >= 11 is 0. The summed E-state index contributed by atoms with van der Waals surface area (Å²) in [5, 5.41) is 3.38. The molecular formula is C15H23NO. The van der Waals surface area contributed by atoms with Crippen LogP contribution in [0.1, 0.15) is 51.4 Å². The molecule has 1 aromatic rings. The molecule has 0 aromatic heterocycles. The Hall–Kier alpha value is -1.31. The molecule has 1 N–H and O–H groups in total. The molecule has 0 saturated heterocycles. The first-order valence-corrected chi connectivity index (χ1v) is 6.19. The fraction of sp³-hybridized carbons (Fsp3) is 0.533. The number of anilines is 1. The molecule has 2 heteroatoms. The predicted molar refractivity (Wildman–Crippen MR) is 73.6 cm³/mol. The summed E-state index contributed by atoms with van der Waals surface area (Å²) in [4.78, 5) is 11.9. The predicted octanol–water partition coefficient (Wildman–Crippen LogP) is 4.13. The van der Waals surface area contributed by atoms with E-state index in [0.29, 0.717) is 12.3 Å². The molecule has 0 fully saturated rings. The Morgan fingerprint density at radius 2 is 1.94 bits per heavy atom. The van der Waals surface area contributed by atoms with E-state index >= 15 is 0 Å². The Balaban J connectivity index is 2.82. The number of rotatable bonds is 4. The zero-order valence-electron chi connectivity index (χ0n) is 11.5. The van der Waals surface area contributed by atoms with Crippen LogP contribution >= 0.6 is 0 Å².